The number of benzene rings is 2. The highest BCUT2D eigenvalue weighted by atomic mass is 35.5. The molecule has 0 fully saturated rings. The average Bonchev–Trinajstić information content (AvgIpc) is 2.54. The summed E-state index contributed by atoms with van der Waals surface area (Å²) in [7, 11) is 1.55. The standard InChI is InChI=1S/C16H15Cl2N3O2S/c1-22-15-7-10(8-20-21-16(19)24)5-6-14(15)23-9-11-12(17)3-2-4-13(11)18/h2-8H,9H2,1H3,(H3,19,21,24). The molecule has 0 aromatic heterocycles. The molecule has 3 N–H and O–H groups in total. The van der Waals surface area contributed by atoms with Gasteiger partial charge in [-0.15, -0.1) is 0 Å². The van der Waals surface area contributed by atoms with Gasteiger partial charge in [-0.2, -0.15) is 5.10 Å². The fourth-order valence-electron chi connectivity index (χ4n) is 1.87. The first-order valence-electron chi connectivity index (χ1n) is 6.83. The van der Waals surface area contributed by atoms with Crippen LogP contribution in [0.2, 0.25) is 10.0 Å². The van der Waals surface area contributed by atoms with Crippen LogP contribution in [0.25, 0.3) is 0 Å². The number of hydrogen-bond donors (Lipinski definition) is 2. The highest BCUT2D eigenvalue weighted by Crippen LogP contribution is 2.31. The molecule has 0 aliphatic heterocycles. The van der Waals surface area contributed by atoms with Crippen molar-refractivity contribution in [2.24, 2.45) is 10.8 Å². The predicted octanol–water partition coefficient (Wildman–Crippen LogP) is 3.75. The normalized spacial score (nSPS) is 10.6. The molecule has 0 atom stereocenters. The zero-order valence-corrected chi connectivity index (χ0v) is 15.1. The molecule has 2 aromatic rings. The third-order valence-corrected chi connectivity index (χ3v) is 3.81. The highest BCUT2D eigenvalue weighted by molar-refractivity contribution is 7.80. The van der Waals surface area contributed by atoms with Crippen molar-refractivity contribution >= 4 is 46.7 Å². The number of thiocarbonyl (C=S) groups is 1. The second-order valence-corrected chi connectivity index (χ2v) is 5.89. The van der Waals surface area contributed by atoms with Crippen LogP contribution in [0.4, 0.5) is 0 Å². The molecule has 24 heavy (non-hydrogen) atoms. The zero-order valence-electron chi connectivity index (χ0n) is 12.8. The number of halogens is 2. The summed E-state index contributed by atoms with van der Waals surface area (Å²) in [4.78, 5) is 0. The van der Waals surface area contributed by atoms with Crippen LogP contribution >= 0.6 is 35.4 Å². The van der Waals surface area contributed by atoms with E-state index in [1.54, 1.807) is 43.7 Å². The van der Waals surface area contributed by atoms with Gasteiger partial charge in [0.25, 0.3) is 0 Å². The Hall–Kier alpha value is -2.02. The number of hydrazone groups is 1. The summed E-state index contributed by atoms with van der Waals surface area (Å²) >= 11 is 16.9. The maximum atomic E-state index is 6.14. The summed E-state index contributed by atoms with van der Waals surface area (Å²) in [6, 6.07) is 10.7. The van der Waals surface area contributed by atoms with E-state index in [9.17, 15) is 0 Å². The Kier molecular flexibility index (Phi) is 6.66. The Labute approximate surface area is 155 Å². The minimum absolute atomic E-state index is 0.0924. The summed E-state index contributed by atoms with van der Waals surface area (Å²) in [5.41, 5.74) is 9.29. The van der Waals surface area contributed by atoms with Crippen molar-refractivity contribution in [1.29, 1.82) is 0 Å². The number of nitrogens with two attached hydrogens (primary N) is 1. The van der Waals surface area contributed by atoms with Crippen molar-refractivity contribution in [3.63, 3.8) is 0 Å². The van der Waals surface area contributed by atoms with E-state index in [1.165, 1.54) is 0 Å². The van der Waals surface area contributed by atoms with E-state index in [4.69, 9.17) is 38.4 Å². The Morgan fingerprint density at radius 3 is 2.58 bits per heavy atom. The van der Waals surface area contributed by atoms with Crippen LogP contribution in [-0.2, 0) is 6.61 Å². The minimum atomic E-state index is 0.0924. The van der Waals surface area contributed by atoms with E-state index in [0.29, 0.717) is 27.1 Å². The number of rotatable bonds is 6. The van der Waals surface area contributed by atoms with Gasteiger partial charge in [-0.25, -0.2) is 0 Å². The molecule has 5 nitrogen and oxygen atoms in total. The van der Waals surface area contributed by atoms with Crippen LogP contribution in [0.5, 0.6) is 11.5 Å². The van der Waals surface area contributed by atoms with E-state index in [1.807, 2.05) is 6.07 Å². The number of nitrogens with zero attached hydrogens (tertiary/aromatic N) is 1. The van der Waals surface area contributed by atoms with Crippen LogP contribution in [0.15, 0.2) is 41.5 Å². The molecule has 8 heteroatoms. The van der Waals surface area contributed by atoms with Gasteiger partial charge in [0.2, 0.25) is 0 Å². The molecule has 0 saturated carbocycles. The molecule has 0 aliphatic carbocycles. The van der Waals surface area contributed by atoms with Crippen molar-refractivity contribution in [3.8, 4) is 11.5 Å². The second kappa shape index (κ2) is 8.73. The van der Waals surface area contributed by atoms with Crippen LogP contribution in [0.1, 0.15) is 11.1 Å². The molecule has 0 amide bonds. The van der Waals surface area contributed by atoms with Gasteiger partial charge in [-0.1, -0.05) is 29.3 Å². The molecule has 0 radical (unpaired) electrons. The molecule has 0 heterocycles. The Bertz CT molecular complexity index is 749. The van der Waals surface area contributed by atoms with Crippen LogP contribution in [0, 0.1) is 0 Å². The topological polar surface area (TPSA) is 68.9 Å². The van der Waals surface area contributed by atoms with Gasteiger partial charge in [-0.05, 0) is 48.1 Å². The quantitative estimate of drug-likeness (QED) is 0.451. The molecule has 2 rings (SSSR count). The maximum absolute atomic E-state index is 6.14. The summed E-state index contributed by atoms with van der Waals surface area (Å²) in [5, 5.41) is 5.08. The smallest absolute Gasteiger partial charge is 0.184 e. The second-order valence-electron chi connectivity index (χ2n) is 4.63. The lowest BCUT2D eigenvalue weighted by Gasteiger charge is -2.13. The van der Waals surface area contributed by atoms with E-state index >= 15 is 0 Å². The molecular weight excluding hydrogens is 369 g/mol. The van der Waals surface area contributed by atoms with Crippen molar-refractivity contribution in [1.82, 2.24) is 5.43 Å². The monoisotopic (exact) mass is 383 g/mol. The number of ether oxygens (including phenoxy) is 2. The lowest BCUT2D eigenvalue weighted by molar-refractivity contribution is 0.284. The largest absolute Gasteiger partial charge is 0.493 e. The van der Waals surface area contributed by atoms with Crippen molar-refractivity contribution in [2.75, 3.05) is 7.11 Å². The fraction of sp³-hybridized carbons (Fsp3) is 0.125. The lowest BCUT2D eigenvalue weighted by atomic mass is 10.2. The van der Waals surface area contributed by atoms with Crippen LogP contribution in [0.3, 0.4) is 0 Å². The van der Waals surface area contributed by atoms with Gasteiger partial charge in [0.1, 0.15) is 6.61 Å². The van der Waals surface area contributed by atoms with Gasteiger partial charge in [0.05, 0.1) is 13.3 Å². The first-order valence-corrected chi connectivity index (χ1v) is 8.00. The molecule has 126 valence electrons. The molecule has 0 saturated heterocycles. The molecule has 0 aliphatic rings. The molecule has 2 aromatic carbocycles. The molecular formula is C16H15Cl2N3O2S. The van der Waals surface area contributed by atoms with Crippen molar-refractivity contribution in [3.05, 3.63) is 57.6 Å². The number of hydrogen-bond acceptors (Lipinski definition) is 4. The van der Waals surface area contributed by atoms with Crippen molar-refractivity contribution in [2.45, 2.75) is 6.61 Å². The van der Waals surface area contributed by atoms with E-state index in [-0.39, 0.29) is 11.7 Å². The summed E-state index contributed by atoms with van der Waals surface area (Å²) in [6.45, 7) is 0.227. The SMILES string of the molecule is COc1cc(C=NNC(N)=S)ccc1OCc1c(Cl)cccc1Cl. The van der Waals surface area contributed by atoms with E-state index in [2.05, 4.69) is 22.7 Å². The average molecular weight is 384 g/mol. The highest BCUT2D eigenvalue weighted by Gasteiger charge is 2.09. The van der Waals surface area contributed by atoms with Crippen LogP contribution < -0.4 is 20.6 Å². The van der Waals surface area contributed by atoms with E-state index in [0.717, 1.165) is 5.56 Å². The summed E-state index contributed by atoms with van der Waals surface area (Å²) < 4.78 is 11.1. The van der Waals surface area contributed by atoms with Crippen molar-refractivity contribution < 1.29 is 9.47 Å². The summed E-state index contributed by atoms with van der Waals surface area (Å²) in [5.74, 6) is 1.12. The van der Waals surface area contributed by atoms with Crippen LogP contribution in [-0.4, -0.2) is 18.4 Å². The lowest BCUT2D eigenvalue weighted by Crippen LogP contribution is -2.23. The van der Waals surface area contributed by atoms with Gasteiger partial charge in [0.15, 0.2) is 16.6 Å². The summed E-state index contributed by atoms with van der Waals surface area (Å²) in [6.07, 6.45) is 1.57. The van der Waals surface area contributed by atoms with Gasteiger partial charge in [-0.3, -0.25) is 5.43 Å². The third-order valence-electron chi connectivity index (χ3n) is 3.01. The number of methoxy groups -OCH3 is 1. The molecule has 0 unspecified atom stereocenters. The Balaban J connectivity index is 2.13. The van der Waals surface area contributed by atoms with Gasteiger partial charge in [0, 0.05) is 15.6 Å². The molecule has 0 spiro atoms. The van der Waals surface area contributed by atoms with Gasteiger partial charge < -0.3 is 15.2 Å². The Morgan fingerprint density at radius 2 is 1.96 bits per heavy atom. The maximum Gasteiger partial charge on any atom is 0.184 e. The molecule has 0 bridgehead atoms. The zero-order chi connectivity index (χ0) is 17.5. The predicted molar refractivity (Wildman–Crippen MR) is 101 cm³/mol. The van der Waals surface area contributed by atoms with E-state index < -0.39 is 0 Å². The Morgan fingerprint density at radius 1 is 1.25 bits per heavy atom. The third kappa shape index (κ3) is 4.99. The first-order chi connectivity index (χ1) is 11.5. The van der Waals surface area contributed by atoms with Gasteiger partial charge >= 0.3 is 0 Å². The first kappa shape index (κ1) is 18.3. The fourth-order valence-corrected chi connectivity index (χ4v) is 2.43. The number of nitrogens with one attached hydrogen (secondary N) is 1. The minimum Gasteiger partial charge on any atom is -0.493 e.